The summed E-state index contributed by atoms with van der Waals surface area (Å²) in [5, 5.41) is 11.3. The third kappa shape index (κ3) is 2.02. The van der Waals surface area contributed by atoms with E-state index < -0.39 is 0 Å². The summed E-state index contributed by atoms with van der Waals surface area (Å²) in [5.41, 5.74) is 6.24. The Morgan fingerprint density at radius 3 is 3.00 bits per heavy atom. The first-order chi connectivity index (χ1) is 7.66. The monoisotopic (exact) mass is 218 g/mol. The van der Waals surface area contributed by atoms with E-state index in [-0.39, 0.29) is 17.9 Å². The van der Waals surface area contributed by atoms with Crippen molar-refractivity contribution >= 4 is 11.5 Å². The first-order valence-corrected chi connectivity index (χ1v) is 4.63. The molecule has 0 radical (unpaired) electrons. The summed E-state index contributed by atoms with van der Waals surface area (Å²) in [4.78, 5) is 17.0. The fraction of sp³-hybridized carbons (Fsp3) is 0.222. The Labute approximate surface area is 91.3 Å². The van der Waals surface area contributed by atoms with Crippen molar-refractivity contribution in [2.24, 2.45) is 7.05 Å². The van der Waals surface area contributed by atoms with Crippen LogP contribution in [-0.4, -0.2) is 31.0 Å². The van der Waals surface area contributed by atoms with Crippen LogP contribution in [0.4, 0.5) is 5.69 Å². The molecule has 2 aromatic rings. The molecule has 7 heteroatoms. The third-order valence-corrected chi connectivity index (χ3v) is 1.97. The van der Waals surface area contributed by atoms with Gasteiger partial charge in [0.05, 0.1) is 19.2 Å². The van der Waals surface area contributed by atoms with Crippen LogP contribution in [0, 0.1) is 0 Å². The molecule has 0 bridgehead atoms. The van der Waals surface area contributed by atoms with E-state index in [0.717, 1.165) is 0 Å². The van der Waals surface area contributed by atoms with Crippen LogP contribution in [0.25, 0.3) is 0 Å². The van der Waals surface area contributed by atoms with Crippen LogP contribution in [0.2, 0.25) is 0 Å². The maximum Gasteiger partial charge on any atom is 0.191 e. The first-order valence-electron chi connectivity index (χ1n) is 4.63. The lowest BCUT2D eigenvalue weighted by atomic mass is 10.1. The van der Waals surface area contributed by atoms with Crippen LogP contribution >= 0.6 is 0 Å². The Morgan fingerprint density at radius 1 is 1.56 bits per heavy atom. The Bertz CT molecular complexity index is 520. The highest BCUT2D eigenvalue weighted by atomic mass is 16.1. The molecule has 0 fully saturated rings. The van der Waals surface area contributed by atoms with Gasteiger partial charge in [0.15, 0.2) is 11.6 Å². The van der Waals surface area contributed by atoms with Gasteiger partial charge in [-0.25, -0.2) is 0 Å². The van der Waals surface area contributed by atoms with Gasteiger partial charge in [0.1, 0.15) is 5.69 Å². The summed E-state index contributed by atoms with van der Waals surface area (Å²) in [5.74, 6) is 0.142. The van der Waals surface area contributed by atoms with Crippen LogP contribution < -0.4 is 5.73 Å². The second-order valence-electron chi connectivity index (χ2n) is 3.24. The van der Waals surface area contributed by atoms with Crippen molar-refractivity contribution in [3.8, 4) is 0 Å². The lowest BCUT2D eigenvalue weighted by molar-refractivity contribution is 0.0987. The number of hydrogen-bond acceptors (Lipinski definition) is 6. The van der Waals surface area contributed by atoms with Gasteiger partial charge in [-0.15, -0.1) is 10.2 Å². The number of aromatic nitrogens is 5. The number of rotatable bonds is 3. The maximum absolute atomic E-state index is 11.8. The number of tetrazole rings is 1. The second-order valence-corrected chi connectivity index (χ2v) is 3.24. The van der Waals surface area contributed by atoms with Gasteiger partial charge in [0, 0.05) is 6.20 Å². The van der Waals surface area contributed by atoms with E-state index in [2.05, 4.69) is 20.4 Å². The number of ketones is 1. The second kappa shape index (κ2) is 4.05. The van der Waals surface area contributed by atoms with E-state index >= 15 is 0 Å². The number of carbonyl (C=O) groups excluding carboxylic acids is 1. The number of aryl methyl sites for hydroxylation is 1. The molecule has 2 aromatic heterocycles. The van der Waals surface area contributed by atoms with E-state index in [1.807, 2.05) is 0 Å². The smallest absolute Gasteiger partial charge is 0.191 e. The van der Waals surface area contributed by atoms with Crippen molar-refractivity contribution in [3.63, 3.8) is 0 Å². The molecule has 7 nitrogen and oxygen atoms in total. The van der Waals surface area contributed by atoms with Crippen molar-refractivity contribution < 1.29 is 4.79 Å². The Morgan fingerprint density at radius 2 is 2.38 bits per heavy atom. The molecule has 0 aliphatic heterocycles. The number of Topliss-reactive ketones (excluding diaryl/α,β-unsaturated/α-hetero) is 1. The Kier molecular flexibility index (Phi) is 2.59. The number of nitrogens with zero attached hydrogens (tertiary/aromatic N) is 5. The molecule has 16 heavy (non-hydrogen) atoms. The molecule has 0 saturated heterocycles. The Balaban J connectivity index is 2.18. The highest BCUT2D eigenvalue weighted by Gasteiger charge is 2.14. The zero-order valence-electron chi connectivity index (χ0n) is 8.66. The van der Waals surface area contributed by atoms with Gasteiger partial charge in [0.2, 0.25) is 0 Å². The number of anilines is 1. The maximum atomic E-state index is 11.8. The topological polar surface area (TPSA) is 99.6 Å². The minimum absolute atomic E-state index is 0.0506. The van der Waals surface area contributed by atoms with Gasteiger partial charge < -0.3 is 5.73 Å². The van der Waals surface area contributed by atoms with E-state index in [1.165, 1.54) is 11.0 Å². The SMILES string of the molecule is Cn1nnc(CC(=O)c2ncccc2N)n1. The van der Waals surface area contributed by atoms with Gasteiger partial charge in [-0.3, -0.25) is 9.78 Å². The number of carbonyl (C=O) groups is 1. The number of hydrogen-bond donors (Lipinski definition) is 1. The standard InChI is InChI=1S/C9H10N6O/c1-15-13-8(12-14-15)5-7(16)9-6(10)3-2-4-11-9/h2-4H,5,10H2,1H3. The highest BCUT2D eigenvalue weighted by molar-refractivity contribution is 5.99. The number of nitrogens with two attached hydrogens (primary N) is 1. The fourth-order valence-corrected chi connectivity index (χ4v) is 1.27. The molecule has 2 rings (SSSR count). The molecular weight excluding hydrogens is 208 g/mol. The number of pyridine rings is 1. The van der Waals surface area contributed by atoms with Gasteiger partial charge >= 0.3 is 0 Å². The van der Waals surface area contributed by atoms with E-state index in [4.69, 9.17) is 5.73 Å². The molecule has 0 atom stereocenters. The molecule has 0 aliphatic carbocycles. The fourth-order valence-electron chi connectivity index (χ4n) is 1.27. The van der Waals surface area contributed by atoms with Gasteiger partial charge in [-0.05, 0) is 17.3 Å². The molecule has 0 saturated carbocycles. The molecule has 82 valence electrons. The first kappa shape index (κ1) is 10.2. The molecule has 0 aliphatic rings. The lowest BCUT2D eigenvalue weighted by Gasteiger charge is -2.00. The predicted molar refractivity (Wildman–Crippen MR) is 55.5 cm³/mol. The van der Waals surface area contributed by atoms with E-state index in [0.29, 0.717) is 11.5 Å². The number of nitrogen functional groups attached to an aromatic ring is 1. The normalized spacial score (nSPS) is 10.3. The molecule has 0 amide bonds. The van der Waals surface area contributed by atoms with Crippen LogP contribution in [-0.2, 0) is 13.5 Å². The van der Waals surface area contributed by atoms with Crippen molar-refractivity contribution in [3.05, 3.63) is 29.8 Å². The third-order valence-electron chi connectivity index (χ3n) is 1.97. The summed E-state index contributed by atoms with van der Waals surface area (Å²) in [7, 11) is 1.64. The quantitative estimate of drug-likeness (QED) is 0.704. The van der Waals surface area contributed by atoms with Gasteiger partial charge in [-0.1, -0.05) is 0 Å². The summed E-state index contributed by atoms with van der Waals surface area (Å²) in [6.45, 7) is 0. The summed E-state index contributed by atoms with van der Waals surface area (Å²) in [6.07, 6.45) is 1.57. The zero-order valence-corrected chi connectivity index (χ0v) is 8.66. The van der Waals surface area contributed by atoms with Crippen LogP contribution in [0.1, 0.15) is 16.3 Å². The average Bonchev–Trinajstić information content (AvgIpc) is 2.64. The van der Waals surface area contributed by atoms with Crippen molar-refractivity contribution in [1.82, 2.24) is 25.2 Å². The van der Waals surface area contributed by atoms with E-state index in [1.54, 1.807) is 19.2 Å². The highest BCUT2D eigenvalue weighted by Crippen LogP contribution is 2.09. The molecular formula is C9H10N6O. The predicted octanol–water partition coefficient (Wildman–Crippen LogP) is -0.387. The average molecular weight is 218 g/mol. The minimum Gasteiger partial charge on any atom is -0.397 e. The Hall–Kier alpha value is -2.31. The van der Waals surface area contributed by atoms with E-state index in [9.17, 15) is 4.79 Å². The molecule has 0 spiro atoms. The van der Waals surface area contributed by atoms with Crippen LogP contribution in [0.5, 0.6) is 0 Å². The summed E-state index contributed by atoms with van der Waals surface area (Å²) < 4.78 is 0. The van der Waals surface area contributed by atoms with Crippen molar-refractivity contribution in [1.29, 1.82) is 0 Å². The lowest BCUT2D eigenvalue weighted by Crippen LogP contribution is -2.10. The summed E-state index contributed by atoms with van der Waals surface area (Å²) >= 11 is 0. The van der Waals surface area contributed by atoms with Crippen LogP contribution in [0.15, 0.2) is 18.3 Å². The molecule has 2 heterocycles. The molecule has 0 unspecified atom stereocenters. The molecule has 0 aromatic carbocycles. The largest absolute Gasteiger partial charge is 0.397 e. The zero-order chi connectivity index (χ0) is 11.5. The minimum atomic E-state index is -0.217. The van der Waals surface area contributed by atoms with Crippen molar-refractivity contribution in [2.75, 3.05) is 5.73 Å². The van der Waals surface area contributed by atoms with Crippen molar-refractivity contribution in [2.45, 2.75) is 6.42 Å². The molecule has 2 N–H and O–H groups in total. The van der Waals surface area contributed by atoms with Gasteiger partial charge in [0.25, 0.3) is 0 Å². The summed E-state index contributed by atoms with van der Waals surface area (Å²) in [6, 6.07) is 3.30. The van der Waals surface area contributed by atoms with Gasteiger partial charge in [-0.2, -0.15) is 4.80 Å². The van der Waals surface area contributed by atoms with Crippen LogP contribution in [0.3, 0.4) is 0 Å².